The Morgan fingerprint density at radius 1 is 1.32 bits per heavy atom. The van der Waals surface area contributed by atoms with E-state index in [9.17, 15) is 0 Å². The van der Waals surface area contributed by atoms with Crippen molar-refractivity contribution in [1.29, 1.82) is 0 Å². The lowest BCUT2D eigenvalue weighted by atomic mass is 9.71. The Balaban J connectivity index is 1.85. The van der Waals surface area contributed by atoms with Gasteiger partial charge in [-0.15, -0.1) is 0 Å². The van der Waals surface area contributed by atoms with Gasteiger partial charge in [-0.1, -0.05) is 25.1 Å². The maximum atomic E-state index is 6.71. The number of H-pyrrole nitrogens is 1. The summed E-state index contributed by atoms with van der Waals surface area (Å²) in [4.78, 5) is 6.42. The van der Waals surface area contributed by atoms with Gasteiger partial charge in [0.2, 0.25) is 0 Å². The number of fused-ring (bicyclic) bond motifs is 5. The summed E-state index contributed by atoms with van der Waals surface area (Å²) in [6.07, 6.45) is 4.73. The monoisotopic (exact) mass is 297 g/mol. The first-order valence-electron chi connectivity index (χ1n) is 8.74. The number of hydrogen-bond donors (Lipinski definition) is 2. The molecule has 0 amide bonds. The Hall–Kier alpha value is -1.32. The highest BCUT2D eigenvalue weighted by atomic mass is 15.2. The third-order valence-corrected chi connectivity index (χ3v) is 6.14. The standard InChI is InChI=1S/C19H27N3/c1-3-19(2,20)15-8-6-11-22-12-10-14-13-7-4-5-9-16(13)21-17(14)18(15)22/h4-5,7,9,15,18,21H,3,6,8,10-12,20H2,1-2H3. The number of nitrogens with two attached hydrogens (primary N) is 1. The zero-order valence-electron chi connectivity index (χ0n) is 13.7. The van der Waals surface area contributed by atoms with Crippen molar-refractivity contribution in [2.24, 2.45) is 11.7 Å². The molecule has 3 heterocycles. The van der Waals surface area contributed by atoms with Gasteiger partial charge in [0.05, 0.1) is 6.04 Å². The van der Waals surface area contributed by atoms with E-state index in [1.807, 2.05) is 0 Å². The van der Waals surface area contributed by atoms with E-state index in [-0.39, 0.29) is 5.54 Å². The summed E-state index contributed by atoms with van der Waals surface area (Å²) in [6.45, 7) is 6.87. The van der Waals surface area contributed by atoms with Crippen LogP contribution in [0, 0.1) is 5.92 Å². The molecule has 4 rings (SSSR count). The normalized spacial score (nSPS) is 28.1. The van der Waals surface area contributed by atoms with Crippen LogP contribution in [0.3, 0.4) is 0 Å². The van der Waals surface area contributed by atoms with Gasteiger partial charge in [0.15, 0.2) is 0 Å². The number of rotatable bonds is 2. The number of para-hydroxylation sites is 1. The summed E-state index contributed by atoms with van der Waals surface area (Å²) in [7, 11) is 0. The fourth-order valence-corrected chi connectivity index (χ4v) is 4.65. The van der Waals surface area contributed by atoms with Gasteiger partial charge in [0.25, 0.3) is 0 Å². The van der Waals surface area contributed by atoms with Crippen LogP contribution in [0.25, 0.3) is 10.9 Å². The van der Waals surface area contributed by atoms with E-state index in [0.29, 0.717) is 12.0 Å². The number of nitrogens with zero attached hydrogens (tertiary/aromatic N) is 1. The predicted molar refractivity (Wildman–Crippen MR) is 91.9 cm³/mol. The van der Waals surface area contributed by atoms with Gasteiger partial charge in [-0.2, -0.15) is 0 Å². The summed E-state index contributed by atoms with van der Waals surface area (Å²) in [5.74, 6) is 0.540. The molecule has 0 spiro atoms. The largest absolute Gasteiger partial charge is 0.357 e. The molecule has 0 radical (unpaired) electrons. The van der Waals surface area contributed by atoms with Crippen molar-refractivity contribution < 1.29 is 0 Å². The topological polar surface area (TPSA) is 45.0 Å². The van der Waals surface area contributed by atoms with Crippen molar-refractivity contribution >= 4 is 10.9 Å². The molecule has 1 aromatic carbocycles. The van der Waals surface area contributed by atoms with Gasteiger partial charge >= 0.3 is 0 Å². The van der Waals surface area contributed by atoms with Crippen molar-refractivity contribution in [1.82, 2.24) is 9.88 Å². The van der Waals surface area contributed by atoms with Gasteiger partial charge in [0, 0.05) is 28.7 Å². The maximum Gasteiger partial charge on any atom is 0.0547 e. The van der Waals surface area contributed by atoms with Crippen molar-refractivity contribution in [2.45, 2.75) is 51.1 Å². The molecule has 3 heteroatoms. The highest BCUT2D eigenvalue weighted by molar-refractivity contribution is 5.85. The van der Waals surface area contributed by atoms with Crippen LogP contribution in [-0.4, -0.2) is 28.5 Å². The first kappa shape index (κ1) is 14.3. The third kappa shape index (κ3) is 2.03. The smallest absolute Gasteiger partial charge is 0.0547 e. The molecule has 3 unspecified atom stereocenters. The highest BCUT2D eigenvalue weighted by Gasteiger charge is 2.44. The summed E-state index contributed by atoms with van der Waals surface area (Å²) < 4.78 is 0. The molecule has 1 saturated heterocycles. The number of aromatic nitrogens is 1. The number of piperidine rings is 1. The molecule has 3 atom stereocenters. The van der Waals surface area contributed by atoms with E-state index in [2.05, 4.69) is 48.0 Å². The molecular formula is C19H27N3. The van der Waals surface area contributed by atoms with Crippen LogP contribution in [0.5, 0.6) is 0 Å². The predicted octanol–water partition coefficient (Wildman–Crippen LogP) is 3.60. The first-order chi connectivity index (χ1) is 10.6. The van der Waals surface area contributed by atoms with E-state index in [4.69, 9.17) is 5.73 Å². The van der Waals surface area contributed by atoms with Crippen LogP contribution < -0.4 is 5.73 Å². The SMILES string of the molecule is CCC(C)(N)C1CCCN2CCc3c([nH]c4ccccc34)C12. The second-order valence-corrected chi connectivity index (χ2v) is 7.40. The lowest BCUT2D eigenvalue weighted by molar-refractivity contribution is 0.0399. The Bertz CT molecular complexity index is 685. The zero-order valence-corrected chi connectivity index (χ0v) is 13.7. The Labute approximate surface area is 132 Å². The summed E-state index contributed by atoms with van der Waals surface area (Å²) in [5, 5.41) is 1.41. The lowest BCUT2D eigenvalue weighted by Crippen LogP contribution is -2.54. The molecule has 22 heavy (non-hydrogen) atoms. The lowest BCUT2D eigenvalue weighted by Gasteiger charge is -2.49. The van der Waals surface area contributed by atoms with Gasteiger partial charge in [-0.3, -0.25) is 4.90 Å². The quantitative estimate of drug-likeness (QED) is 0.889. The van der Waals surface area contributed by atoms with E-state index >= 15 is 0 Å². The summed E-state index contributed by atoms with van der Waals surface area (Å²) in [6, 6.07) is 9.22. The Kier molecular flexibility index (Phi) is 3.31. The minimum absolute atomic E-state index is 0.0881. The number of hydrogen-bond acceptors (Lipinski definition) is 2. The fraction of sp³-hybridized carbons (Fsp3) is 0.579. The van der Waals surface area contributed by atoms with Crippen molar-refractivity contribution in [3.8, 4) is 0 Å². The van der Waals surface area contributed by atoms with E-state index < -0.39 is 0 Å². The molecule has 1 aromatic heterocycles. The van der Waals surface area contributed by atoms with Crippen LogP contribution in [-0.2, 0) is 6.42 Å². The van der Waals surface area contributed by atoms with Crippen LogP contribution >= 0.6 is 0 Å². The van der Waals surface area contributed by atoms with Gasteiger partial charge in [-0.05, 0) is 56.7 Å². The molecule has 1 fully saturated rings. The van der Waals surface area contributed by atoms with Gasteiger partial charge in [-0.25, -0.2) is 0 Å². The van der Waals surface area contributed by atoms with Crippen molar-refractivity contribution in [3.05, 3.63) is 35.5 Å². The molecule has 0 aliphatic carbocycles. The summed E-state index contributed by atoms with van der Waals surface area (Å²) >= 11 is 0. The minimum atomic E-state index is -0.0881. The average molecular weight is 297 g/mol. The summed E-state index contributed by atoms with van der Waals surface area (Å²) in [5.41, 5.74) is 10.9. The maximum absolute atomic E-state index is 6.71. The third-order valence-electron chi connectivity index (χ3n) is 6.14. The number of nitrogens with one attached hydrogen (secondary N) is 1. The highest BCUT2D eigenvalue weighted by Crippen LogP contribution is 2.46. The van der Waals surface area contributed by atoms with E-state index in [1.54, 1.807) is 0 Å². The second-order valence-electron chi connectivity index (χ2n) is 7.40. The van der Waals surface area contributed by atoms with Crippen molar-refractivity contribution in [3.63, 3.8) is 0 Å². The Morgan fingerprint density at radius 3 is 2.95 bits per heavy atom. The van der Waals surface area contributed by atoms with Crippen LogP contribution in [0.4, 0.5) is 0 Å². The van der Waals surface area contributed by atoms with E-state index in [0.717, 1.165) is 12.8 Å². The molecule has 2 aliphatic rings. The molecule has 118 valence electrons. The zero-order chi connectivity index (χ0) is 15.3. The van der Waals surface area contributed by atoms with Crippen LogP contribution in [0.15, 0.2) is 24.3 Å². The average Bonchev–Trinajstić information content (AvgIpc) is 2.93. The second kappa shape index (κ2) is 5.10. The molecule has 0 saturated carbocycles. The minimum Gasteiger partial charge on any atom is -0.357 e. The molecule has 2 aliphatic heterocycles. The van der Waals surface area contributed by atoms with E-state index in [1.165, 1.54) is 48.1 Å². The first-order valence-corrected chi connectivity index (χ1v) is 8.74. The van der Waals surface area contributed by atoms with Gasteiger partial charge in [0.1, 0.15) is 0 Å². The molecule has 0 bridgehead atoms. The molecule has 3 nitrogen and oxygen atoms in total. The van der Waals surface area contributed by atoms with Crippen LogP contribution in [0.2, 0.25) is 0 Å². The fourth-order valence-electron chi connectivity index (χ4n) is 4.65. The molecule has 3 N–H and O–H groups in total. The number of benzene rings is 1. The van der Waals surface area contributed by atoms with Gasteiger partial charge < -0.3 is 10.7 Å². The molecular weight excluding hydrogens is 270 g/mol. The van der Waals surface area contributed by atoms with Crippen LogP contribution in [0.1, 0.15) is 50.4 Å². The number of aromatic amines is 1. The molecule has 2 aromatic rings. The Morgan fingerprint density at radius 2 is 2.14 bits per heavy atom. The van der Waals surface area contributed by atoms with Crippen molar-refractivity contribution in [2.75, 3.05) is 13.1 Å².